The Morgan fingerprint density at radius 3 is 2.58 bits per heavy atom. The summed E-state index contributed by atoms with van der Waals surface area (Å²) in [4.78, 5) is 10.9. The van der Waals surface area contributed by atoms with Crippen LogP contribution in [0.3, 0.4) is 0 Å². The van der Waals surface area contributed by atoms with Crippen LogP contribution in [-0.4, -0.2) is 13.6 Å². The maximum absolute atomic E-state index is 13.1. The molecule has 0 aliphatic rings. The van der Waals surface area contributed by atoms with Crippen molar-refractivity contribution in [3.63, 3.8) is 0 Å². The van der Waals surface area contributed by atoms with E-state index in [4.69, 9.17) is 7.85 Å². The van der Waals surface area contributed by atoms with E-state index in [0.29, 0.717) is 5.56 Å². The van der Waals surface area contributed by atoms with Gasteiger partial charge in [-0.3, -0.25) is 4.79 Å². The minimum Gasteiger partial charge on any atom is -0.295 e. The molecule has 0 heterocycles. The van der Waals surface area contributed by atoms with Crippen molar-refractivity contribution in [1.29, 1.82) is 0 Å². The van der Waals surface area contributed by atoms with E-state index in [9.17, 15) is 9.18 Å². The monoisotopic (exact) mass is 162 g/mol. The normalized spacial score (nSPS) is 9.92. The number of hydrogen-bond donors (Lipinski definition) is 0. The van der Waals surface area contributed by atoms with Crippen LogP contribution in [0.5, 0.6) is 0 Å². The largest absolute Gasteiger partial charge is 0.295 e. The van der Waals surface area contributed by atoms with Crippen molar-refractivity contribution in [3.8, 4) is 0 Å². The van der Waals surface area contributed by atoms with Crippen molar-refractivity contribution in [2.24, 2.45) is 0 Å². The van der Waals surface area contributed by atoms with Gasteiger partial charge in [-0.1, -0.05) is 17.6 Å². The summed E-state index contributed by atoms with van der Waals surface area (Å²) in [5.74, 6) is -0.714. The molecule has 0 atom stereocenters. The molecule has 0 unspecified atom stereocenters. The molecular weight excluding hydrogens is 154 g/mol. The van der Waals surface area contributed by atoms with Gasteiger partial charge in [0.2, 0.25) is 0 Å². The highest BCUT2D eigenvalue weighted by molar-refractivity contribution is 6.36. The van der Waals surface area contributed by atoms with Crippen LogP contribution in [-0.2, 0) is 0 Å². The Morgan fingerprint density at radius 1 is 1.50 bits per heavy atom. The summed E-state index contributed by atoms with van der Waals surface area (Å²) in [6, 6.07) is 3.08. The van der Waals surface area contributed by atoms with Crippen LogP contribution in [0.4, 0.5) is 4.39 Å². The number of aryl methyl sites for hydroxylation is 1. The Balaban J connectivity index is 3.36. The van der Waals surface area contributed by atoms with Gasteiger partial charge in [-0.05, 0) is 19.4 Å². The number of ketones is 1. The third-order valence-corrected chi connectivity index (χ3v) is 1.75. The number of halogens is 1. The Kier molecular flexibility index (Phi) is 2.31. The molecule has 0 aromatic heterocycles. The first-order chi connectivity index (χ1) is 5.54. The summed E-state index contributed by atoms with van der Waals surface area (Å²) in [6.45, 7) is 2.97. The molecule has 0 bridgehead atoms. The van der Waals surface area contributed by atoms with Crippen LogP contribution in [0, 0.1) is 12.7 Å². The molecule has 12 heavy (non-hydrogen) atoms. The van der Waals surface area contributed by atoms with Crippen LogP contribution >= 0.6 is 0 Å². The maximum atomic E-state index is 13.1. The Bertz CT molecular complexity index is 334. The lowest BCUT2D eigenvalue weighted by Gasteiger charge is -2.05. The lowest BCUT2D eigenvalue weighted by molar-refractivity contribution is 0.101. The summed E-state index contributed by atoms with van der Waals surface area (Å²) >= 11 is 0. The van der Waals surface area contributed by atoms with Gasteiger partial charge in [-0.15, -0.1) is 0 Å². The molecule has 1 rings (SSSR count). The molecule has 3 heteroatoms. The van der Waals surface area contributed by atoms with Crippen LogP contribution < -0.4 is 5.46 Å². The first kappa shape index (κ1) is 8.98. The smallest absolute Gasteiger partial charge is 0.159 e. The molecule has 0 amide bonds. The first-order valence-electron chi connectivity index (χ1n) is 3.59. The third kappa shape index (κ3) is 1.40. The van der Waals surface area contributed by atoms with E-state index in [2.05, 4.69) is 0 Å². The van der Waals surface area contributed by atoms with Crippen molar-refractivity contribution in [2.75, 3.05) is 0 Å². The molecule has 0 aliphatic carbocycles. The standard InChI is InChI=1S/C9H8BFO/c1-5-3-4-7(6(2)12)8(10)9(5)11/h3-4H,1-2H3. The zero-order valence-electron chi connectivity index (χ0n) is 7.02. The summed E-state index contributed by atoms with van der Waals surface area (Å²) in [5.41, 5.74) is 0.651. The second kappa shape index (κ2) is 3.09. The fourth-order valence-electron chi connectivity index (χ4n) is 1.01. The number of Topliss-reactive ketones (excluding diaryl/α,β-unsaturated/α-hetero) is 1. The van der Waals surface area contributed by atoms with E-state index in [1.54, 1.807) is 13.0 Å². The van der Waals surface area contributed by atoms with Crippen molar-refractivity contribution in [3.05, 3.63) is 29.1 Å². The molecule has 0 saturated heterocycles. The SMILES string of the molecule is [B]c1c(C(C)=O)ccc(C)c1F. The molecule has 60 valence electrons. The molecule has 0 fully saturated rings. The lowest BCUT2D eigenvalue weighted by Crippen LogP contribution is -2.19. The van der Waals surface area contributed by atoms with Gasteiger partial charge in [-0.25, -0.2) is 4.39 Å². The van der Waals surface area contributed by atoms with Gasteiger partial charge in [0.1, 0.15) is 13.7 Å². The highest BCUT2D eigenvalue weighted by atomic mass is 19.1. The van der Waals surface area contributed by atoms with Gasteiger partial charge < -0.3 is 0 Å². The number of carbonyl (C=O) groups is 1. The van der Waals surface area contributed by atoms with E-state index in [1.165, 1.54) is 13.0 Å². The third-order valence-electron chi connectivity index (χ3n) is 1.75. The van der Waals surface area contributed by atoms with Crippen molar-refractivity contribution in [2.45, 2.75) is 13.8 Å². The highest BCUT2D eigenvalue weighted by Gasteiger charge is 2.08. The molecule has 2 radical (unpaired) electrons. The maximum Gasteiger partial charge on any atom is 0.159 e. The quantitative estimate of drug-likeness (QED) is 0.446. The molecule has 0 aliphatic heterocycles. The minimum atomic E-state index is -0.497. The average Bonchev–Trinajstić information content (AvgIpc) is 2.00. The summed E-state index contributed by atoms with van der Waals surface area (Å²) in [5, 5.41) is 0. The Morgan fingerprint density at radius 2 is 2.08 bits per heavy atom. The summed E-state index contributed by atoms with van der Waals surface area (Å²) < 4.78 is 13.1. The minimum absolute atomic E-state index is 0.0532. The van der Waals surface area contributed by atoms with Crippen molar-refractivity contribution in [1.82, 2.24) is 0 Å². The number of benzene rings is 1. The topological polar surface area (TPSA) is 17.1 Å². The molecule has 0 saturated carbocycles. The summed E-state index contributed by atoms with van der Waals surface area (Å²) in [7, 11) is 5.39. The van der Waals surface area contributed by atoms with E-state index in [-0.39, 0.29) is 16.8 Å². The van der Waals surface area contributed by atoms with E-state index >= 15 is 0 Å². The van der Waals surface area contributed by atoms with Gasteiger partial charge in [0.15, 0.2) is 5.78 Å². The fraction of sp³-hybridized carbons (Fsp3) is 0.222. The van der Waals surface area contributed by atoms with Crippen LogP contribution in [0.2, 0.25) is 0 Å². The van der Waals surface area contributed by atoms with Crippen molar-refractivity contribution < 1.29 is 9.18 Å². The number of rotatable bonds is 1. The van der Waals surface area contributed by atoms with Gasteiger partial charge in [-0.2, -0.15) is 0 Å². The molecule has 0 N–H and O–H groups in total. The fourth-order valence-corrected chi connectivity index (χ4v) is 1.01. The van der Waals surface area contributed by atoms with Gasteiger partial charge in [0.25, 0.3) is 0 Å². The van der Waals surface area contributed by atoms with Crippen LogP contribution in [0.15, 0.2) is 12.1 Å². The Labute approximate surface area is 72.0 Å². The van der Waals surface area contributed by atoms with E-state index < -0.39 is 5.82 Å². The molecular formula is C9H8BFO. The van der Waals surface area contributed by atoms with Gasteiger partial charge in [0, 0.05) is 5.56 Å². The predicted molar refractivity (Wildman–Crippen MR) is 46.5 cm³/mol. The molecule has 1 aromatic carbocycles. The zero-order chi connectivity index (χ0) is 9.30. The average molecular weight is 162 g/mol. The molecule has 0 spiro atoms. The Hall–Kier alpha value is -1.12. The number of carbonyl (C=O) groups excluding carboxylic acids is 1. The summed E-state index contributed by atoms with van der Waals surface area (Å²) in [6.07, 6.45) is 0. The second-order valence-electron chi connectivity index (χ2n) is 2.71. The second-order valence-corrected chi connectivity index (χ2v) is 2.71. The zero-order valence-corrected chi connectivity index (χ0v) is 7.02. The molecule has 1 aromatic rings. The van der Waals surface area contributed by atoms with Crippen LogP contribution in [0.1, 0.15) is 22.8 Å². The highest BCUT2D eigenvalue weighted by Crippen LogP contribution is 2.06. The predicted octanol–water partition coefficient (Wildman–Crippen LogP) is 1.13. The van der Waals surface area contributed by atoms with Gasteiger partial charge >= 0.3 is 0 Å². The van der Waals surface area contributed by atoms with Crippen molar-refractivity contribution >= 4 is 19.1 Å². The first-order valence-corrected chi connectivity index (χ1v) is 3.59. The number of hydrogen-bond acceptors (Lipinski definition) is 1. The lowest BCUT2D eigenvalue weighted by atomic mass is 9.87. The van der Waals surface area contributed by atoms with Gasteiger partial charge in [0.05, 0.1) is 0 Å². The van der Waals surface area contributed by atoms with Crippen LogP contribution in [0.25, 0.3) is 0 Å². The van der Waals surface area contributed by atoms with E-state index in [1.807, 2.05) is 0 Å². The van der Waals surface area contributed by atoms with E-state index in [0.717, 1.165) is 0 Å². The molecule has 1 nitrogen and oxygen atoms in total.